The second kappa shape index (κ2) is 5.09. The average Bonchev–Trinajstić information content (AvgIpc) is 2.37. The van der Waals surface area contributed by atoms with Crippen molar-refractivity contribution in [3.63, 3.8) is 0 Å². The number of carbonyl (C=O) groups excluding carboxylic acids is 1. The average molecular weight is 264 g/mol. The molecule has 7 nitrogen and oxygen atoms in total. The van der Waals surface area contributed by atoms with E-state index in [1.54, 1.807) is 6.92 Å². The highest BCUT2D eigenvalue weighted by Gasteiger charge is 2.14. The molecule has 7 heteroatoms. The van der Waals surface area contributed by atoms with Crippen molar-refractivity contribution >= 4 is 22.6 Å². The van der Waals surface area contributed by atoms with Crippen molar-refractivity contribution in [2.45, 2.75) is 6.92 Å². The third-order valence-corrected chi connectivity index (χ3v) is 2.43. The number of benzene rings is 1. The van der Waals surface area contributed by atoms with E-state index in [0.717, 1.165) is 0 Å². The zero-order valence-electron chi connectivity index (χ0n) is 9.95. The Morgan fingerprint density at radius 3 is 2.84 bits per heavy atom. The molecule has 0 spiro atoms. The first-order valence-corrected chi connectivity index (χ1v) is 5.44. The van der Waals surface area contributed by atoms with Crippen LogP contribution in [0.3, 0.4) is 0 Å². The van der Waals surface area contributed by atoms with E-state index in [0.29, 0.717) is 5.39 Å². The summed E-state index contributed by atoms with van der Waals surface area (Å²) in [6, 6.07) is 5.17. The summed E-state index contributed by atoms with van der Waals surface area (Å²) in [5.41, 5.74) is -0.927. The number of esters is 1. The lowest BCUT2D eigenvalue weighted by Gasteiger charge is -2.21. The summed E-state index contributed by atoms with van der Waals surface area (Å²) in [6.07, 6.45) is 0. The maximum Gasteiger partial charge on any atom is 0.351 e. The molecule has 0 bridgehead atoms. The number of anilines is 1. The molecule has 0 radical (unpaired) electrons. The van der Waals surface area contributed by atoms with Crippen molar-refractivity contribution < 1.29 is 19.2 Å². The van der Waals surface area contributed by atoms with E-state index < -0.39 is 11.6 Å². The third kappa shape index (κ3) is 2.56. The van der Waals surface area contributed by atoms with Crippen LogP contribution in [0, 0.1) is 5.21 Å². The number of hydrogen-bond donors (Lipinski definition) is 1. The fraction of sp³-hybridized carbons (Fsp3) is 0.167. The van der Waals surface area contributed by atoms with Gasteiger partial charge >= 0.3 is 11.6 Å². The Morgan fingerprint density at radius 2 is 2.21 bits per heavy atom. The number of carbonyl (C=O) groups is 1. The van der Waals surface area contributed by atoms with Crippen molar-refractivity contribution in [1.82, 2.24) is 0 Å². The standard InChI is InChI=1S/C12H10NO6/c1-2-18-11(14)9-6-7-5-8(13(16)17)3-4-10(7)19-12(9)15/h3-6,16H,2H2,1H3/q-1. The van der Waals surface area contributed by atoms with Crippen LogP contribution in [0.1, 0.15) is 17.3 Å². The van der Waals surface area contributed by atoms with Gasteiger partial charge in [0.05, 0.1) is 12.3 Å². The molecule has 2 rings (SSSR count). The topological polar surface area (TPSA) is 103 Å². The summed E-state index contributed by atoms with van der Waals surface area (Å²) >= 11 is 0. The maximum atomic E-state index is 11.6. The van der Waals surface area contributed by atoms with Crippen molar-refractivity contribution in [1.29, 1.82) is 0 Å². The lowest BCUT2D eigenvalue weighted by molar-refractivity contribution is 0.0522. The van der Waals surface area contributed by atoms with Crippen LogP contribution in [0.2, 0.25) is 0 Å². The van der Waals surface area contributed by atoms with Gasteiger partial charge in [-0.3, -0.25) is 5.21 Å². The van der Waals surface area contributed by atoms with Gasteiger partial charge in [-0.25, -0.2) is 9.59 Å². The van der Waals surface area contributed by atoms with E-state index in [1.165, 1.54) is 24.3 Å². The summed E-state index contributed by atoms with van der Waals surface area (Å²) in [7, 11) is 0. The van der Waals surface area contributed by atoms with Gasteiger partial charge in [-0.15, -0.1) is 0 Å². The molecule has 0 atom stereocenters. The summed E-state index contributed by atoms with van der Waals surface area (Å²) in [6.45, 7) is 1.74. The molecule has 0 unspecified atom stereocenters. The summed E-state index contributed by atoms with van der Waals surface area (Å²) in [5.74, 6) is -0.800. The minimum Gasteiger partial charge on any atom is -0.733 e. The second-order valence-corrected chi connectivity index (χ2v) is 3.66. The fourth-order valence-electron chi connectivity index (χ4n) is 1.58. The van der Waals surface area contributed by atoms with Gasteiger partial charge in [0.25, 0.3) is 0 Å². The molecule has 0 fully saturated rings. The summed E-state index contributed by atoms with van der Waals surface area (Å²) < 4.78 is 9.65. The van der Waals surface area contributed by atoms with E-state index in [9.17, 15) is 14.8 Å². The Morgan fingerprint density at radius 1 is 1.47 bits per heavy atom. The van der Waals surface area contributed by atoms with E-state index in [-0.39, 0.29) is 28.7 Å². The highest BCUT2D eigenvalue weighted by atomic mass is 16.8. The third-order valence-electron chi connectivity index (χ3n) is 2.43. The van der Waals surface area contributed by atoms with Crippen LogP contribution in [0.25, 0.3) is 11.0 Å². The summed E-state index contributed by atoms with van der Waals surface area (Å²) in [4.78, 5) is 23.1. The molecule has 0 aliphatic rings. The quantitative estimate of drug-likeness (QED) is 0.510. The van der Waals surface area contributed by atoms with Gasteiger partial charge in [0.1, 0.15) is 11.1 Å². The molecule has 1 aromatic heterocycles. The molecule has 100 valence electrons. The molecule has 0 saturated carbocycles. The highest BCUT2D eigenvalue weighted by Crippen LogP contribution is 2.20. The number of ether oxygens (including phenoxy) is 1. The van der Waals surface area contributed by atoms with Crippen molar-refractivity contribution in [3.05, 3.63) is 45.5 Å². The van der Waals surface area contributed by atoms with Crippen LogP contribution < -0.4 is 10.9 Å². The minimum absolute atomic E-state index is 0.0452. The smallest absolute Gasteiger partial charge is 0.351 e. The molecule has 0 amide bonds. The van der Waals surface area contributed by atoms with Crippen LogP contribution >= 0.6 is 0 Å². The van der Waals surface area contributed by atoms with Gasteiger partial charge in [-0.1, -0.05) is 0 Å². The van der Waals surface area contributed by atoms with Gasteiger partial charge in [0.15, 0.2) is 0 Å². The van der Waals surface area contributed by atoms with E-state index in [4.69, 9.17) is 14.4 Å². The molecular formula is C12H10NO6-. The Kier molecular flexibility index (Phi) is 3.50. The van der Waals surface area contributed by atoms with Gasteiger partial charge in [-0.2, -0.15) is 0 Å². The number of fused-ring (bicyclic) bond motifs is 1. The maximum absolute atomic E-state index is 11.6. The first-order chi connectivity index (χ1) is 9.02. The molecule has 1 heterocycles. The first-order valence-electron chi connectivity index (χ1n) is 5.44. The number of nitrogens with zero attached hydrogens (tertiary/aromatic N) is 1. The fourth-order valence-corrected chi connectivity index (χ4v) is 1.58. The molecule has 0 aliphatic heterocycles. The molecule has 19 heavy (non-hydrogen) atoms. The van der Waals surface area contributed by atoms with Gasteiger partial charge in [-0.05, 0) is 31.2 Å². The van der Waals surface area contributed by atoms with Crippen molar-refractivity contribution in [2.75, 3.05) is 11.8 Å². The molecule has 0 aliphatic carbocycles. The zero-order chi connectivity index (χ0) is 14.0. The van der Waals surface area contributed by atoms with E-state index >= 15 is 0 Å². The molecule has 2 aromatic rings. The Labute approximate surface area is 107 Å². The first kappa shape index (κ1) is 13.1. The SMILES string of the molecule is CCOC(=O)c1cc2cc(N([O-])O)ccc2oc1=O. The van der Waals surface area contributed by atoms with E-state index in [2.05, 4.69) is 0 Å². The van der Waals surface area contributed by atoms with Crippen LogP contribution in [-0.4, -0.2) is 17.8 Å². The largest absolute Gasteiger partial charge is 0.733 e. The van der Waals surface area contributed by atoms with Crippen molar-refractivity contribution in [2.24, 2.45) is 0 Å². The van der Waals surface area contributed by atoms with Crippen LogP contribution in [0.4, 0.5) is 5.69 Å². The Balaban J connectivity index is 2.58. The minimum atomic E-state index is -0.818. The molecule has 1 N–H and O–H groups in total. The normalized spacial score (nSPS) is 10.5. The number of hydrogen-bond acceptors (Lipinski definition) is 7. The van der Waals surface area contributed by atoms with Gasteiger partial charge in [0.2, 0.25) is 0 Å². The molecule has 0 saturated heterocycles. The van der Waals surface area contributed by atoms with Crippen LogP contribution in [0.5, 0.6) is 0 Å². The predicted molar refractivity (Wildman–Crippen MR) is 66.1 cm³/mol. The van der Waals surface area contributed by atoms with Crippen LogP contribution in [-0.2, 0) is 4.74 Å². The Hall–Kier alpha value is -2.38. The summed E-state index contributed by atoms with van der Waals surface area (Å²) in [5, 5.41) is 19.6. The molecule has 1 aromatic carbocycles. The zero-order valence-corrected chi connectivity index (χ0v) is 9.95. The van der Waals surface area contributed by atoms with Gasteiger partial charge < -0.3 is 19.6 Å². The van der Waals surface area contributed by atoms with Crippen molar-refractivity contribution in [3.8, 4) is 0 Å². The number of rotatable bonds is 3. The predicted octanol–water partition coefficient (Wildman–Crippen LogP) is 1.66. The van der Waals surface area contributed by atoms with E-state index in [1.807, 2.05) is 0 Å². The second-order valence-electron chi connectivity index (χ2n) is 3.66. The lowest BCUT2D eigenvalue weighted by atomic mass is 10.1. The Bertz CT molecular complexity index is 675. The monoisotopic (exact) mass is 264 g/mol. The lowest BCUT2D eigenvalue weighted by Crippen LogP contribution is -2.16. The highest BCUT2D eigenvalue weighted by molar-refractivity contribution is 5.93. The molecular weight excluding hydrogens is 254 g/mol. The van der Waals surface area contributed by atoms with Gasteiger partial charge in [0, 0.05) is 5.39 Å². The van der Waals surface area contributed by atoms with Crippen LogP contribution in [0.15, 0.2) is 33.5 Å².